The van der Waals surface area contributed by atoms with Crippen molar-refractivity contribution in [1.82, 2.24) is 5.32 Å². The van der Waals surface area contributed by atoms with Gasteiger partial charge in [-0.05, 0) is 62.5 Å². The Bertz CT molecular complexity index is 461. The van der Waals surface area contributed by atoms with Gasteiger partial charge in [-0.15, -0.1) is 22.9 Å². The highest BCUT2D eigenvalue weighted by Gasteiger charge is 2.22. The Labute approximate surface area is 129 Å². The van der Waals surface area contributed by atoms with Crippen LogP contribution < -0.4 is 5.32 Å². The Kier molecular flexibility index (Phi) is 4.67. The monoisotopic (exact) mass is 311 g/mol. The molecule has 2 aliphatic carbocycles. The van der Waals surface area contributed by atoms with Crippen LogP contribution in [-0.4, -0.2) is 17.8 Å². The maximum absolute atomic E-state index is 12.3. The third-order valence-electron chi connectivity index (χ3n) is 4.49. The fraction of sp³-hybridized carbons (Fsp3) is 0.688. The lowest BCUT2D eigenvalue weighted by Crippen LogP contribution is -2.31. The second kappa shape index (κ2) is 6.48. The standard InChI is InChI=1S/C16H22ClNOS/c17-13-6-3-4-11(8-13)10-18-16(19)15-9-12-5-1-2-7-14(12)20-15/h9,11,13H,1-8,10H2,(H,18,19). The molecule has 20 heavy (non-hydrogen) atoms. The average molecular weight is 312 g/mol. The molecule has 1 amide bonds. The summed E-state index contributed by atoms with van der Waals surface area (Å²) in [5.74, 6) is 0.672. The molecule has 1 heterocycles. The maximum atomic E-state index is 12.3. The highest BCUT2D eigenvalue weighted by atomic mass is 35.5. The topological polar surface area (TPSA) is 29.1 Å². The lowest BCUT2D eigenvalue weighted by atomic mass is 9.89. The van der Waals surface area contributed by atoms with Crippen LogP contribution in [0.15, 0.2) is 6.07 Å². The van der Waals surface area contributed by atoms with Crippen LogP contribution in [0.1, 0.15) is 58.6 Å². The Balaban J connectivity index is 1.55. The largest absolute Gasteiger partial charge is 0.351 e. The van der Waals surface area contributed by atoms with Gasteiger partial charge in [0.25, 0.3) is 5.91 Å². The second-order valence-corrected chi connectivity index (χ2v) is 7.86. The number of aryl methyl sites for hydroxylation is 2. The summed E-state index contributed by atoms with van der Waals surface area (Å²) in [6, 6.07) is 2.11. The average Bonchev–Trinajstić information content (AvgIpc) is 2.89. The Morgan fingerprint density at radius 3 is 2.95 bits per heavy atom. The molecule has 3 rings (SSSR count). The van der Waals surface area contributed by atoms with E-state index in [9.17, 15) is 4.79 Å². The van der Waals surface area contributed by atoms with Crippen LogP contribution >= 0.6 is 22.9 Å². The Hall–Kier alpha value is -0.540. The third-order valence-corrected chi connectivity index (χ3v) is 6.12. The molecule has 0 aliphatic heterocycles. The van der Waals surface area contributed by atoms with E-state index in [2.05, 4.69) is 11.4 Å². The molecule has 1 aromatic heterocycles. The molecular weight excluding hydrogens is 290 g/mol. The highest BCUT2D eigenvalue weighted by Crippen LogP contribution is 2.30. The Morgan fingerprint density at radius 2 is 2.15 bits per heavy atom. The van der Waals surface area contributed by atoms with E-state index in [0.717, 1.165) is 37.1 Å². The fourth-order valence-electron chi connectivity index (χ4n) is 3.34. The SMILES string of the molecule is O=C(NCC1CCCC(Cl)C1)c1cc2c(s1)CCCC2. The van der Waals surface area contributed by atoms with E-state index in [1.165, 1.54) is 36.1 Å². The maximum Gasteiger partial charge on any atom is 0.261 e. The number of hydrogen-bond donors (Lipinski definition) is 1. The molecule has 0 saturated heterocycles. The number of rotatable bonds is 3. The molecule has 2 atom stereocenters. The van der Waals surface area contributed by atoms with Gasteiger partial charge in [-0.3, -0.25) is 4.79 Å². The first-order valence-corrected chi connectivity index (χ1v) is 9.01. The molecular formula is C16H22ClNOS. The number of halogens is 1. The van der Waals surface area contributed by atoms with Crippen molar-refractivity contribution in [3.8, 4) is 0 Å². The lowest BCUT2D eigenvalue weighted by Gasteiger charge is -2.25. The molecule has 1 aromatic rings. The van der Waals surface area contributed by atoms with Gasteiger partial charge < -0.3 is 5.32 Å². The van der Waals surface area contributed by atoms with Crippen molar-refractivity contribution in [2.75, 3.05) is 6.54 Å². The predicted octanol–water partition coefficient (Wildman–Crippen LogP) is 4.15. The van der Waals surface area contributed by atoms with Gasteiger partial charge in [0.05, 0.1) is 4.88 Å². The number of thiophene rings is 1. The fourth-order valence-corrected chi connectivity index (χ4v) is 4.91. The molecule has 2 aliphatic rings. The minimum Gasteiger partial charge on any atom is -0.351 e. The van der Waals surface area contributed by atoms with Crippen molar-refractivity contribution in [2.45, 2.75) is 56.7 Å². The smallest absolute Gasteiger partial charge is 0.261 e. The number of amides is 1. The zero-order valence-electron chi connectivity index (χ0n) is 11.8. The lowest BCUT2D eigenvalue weighted by molar-refractivity contribution is 0.0947. The number of hydrogen-bond acceptors (Lipinski definition) is 2. The van der Waals surface area contributed by atoms with Crippen LogP contribution in [0.3, 0.4) is 0 Å². The molecule has 4 heteroatoms. The number of alkyl halides is 1. The first-order chi connectivity index (χ1) is 9.72. The molecule has 110 valence electrons. The predicted molar refractivity (Wildman–Crippen MR) is 84.9 cm³/mol. The minimum atomic E-state index is 0.112. The summed E-state index contributed by atoms with van der Waals surface area (Å²) >= 11 is 7.89. The van der Waals surface area contributed by atoms with Gasteiger partial charge in [-0.1, -0.05) is 6.42 Å². The van der Waals surface area contributed by atoms with E-state index in [0.29, 0.717) is 11.3 Å². The molecule has 2 unspecified atom stereocenters. The quantitative estimate of drug-likeness (QED) is 0.835. The summed E-state index contributed by atoms with van der Waals surface area (Å²) in [5.41, 5.74) is 1.41. The first kappa shape index (κ1) is 14.4. The van der Waals surface area contributed by atoms with Crippen LogP contribution in [0.25, 0.3) is 0 Å². The number of carbonyl (C=O) groups excluding carboxylic acids is 1. The summed E-state index contributed by atoms with van der Waals surface area (Å²) in [6.07, 6.45) is 9.41. The van der Waals surface area contributed by atoms with Crippen molar-refractivity contribution in [3.05, 3.63) is 21.4 Å². The van der Waals surface area contributed by atoms with Crippen LogP contribution in [0.5, 0.6) is 0 Å². The van der Waals surface area contributed by atoms with E-state index < -0.39 is 0 Å². The summed E-state index contributed by atoms with van der Waals surface area (Å²) < 4.78 is 0. The third kappa shape index (κ3) is 3.37. The molecule has 0 aromatic carbocycles. The van der Waals surface area contributed by atoms with E-state index >= 15 is 0 Å². The van der Waals surface area contributed by atoms with Gasteiger partial charge in [-0.25, -0.2) is 0 Å². The van der Waals surface area contributed by atoms with Crippen molar-refractivity contribution in [3.63, 3.8) is 0 Å². The second-order valence-electron chi connectivity index (χ2n) is 6.11. The normalized spacial score (nSPS) is 26.1. The van der Waals surface area contributed by atoms with Crippen molar-refractivity contribution in [2.24, 2.45) is 5.92 Å². The molecule has 1 fully saturated rings. The Morgan fingerprint density at radius 1 is 1.30 bits per heavy atom. The molecule has 0 radical (unpaired) electrons. The molecule has 0 bridgehead atoms. The summed E-state index contributed by atoms with van der Waals surface area (Å²) in [4.78, 5) is 14.6. The van der Waals surface area contributed by atoms with Gasteiger partial charge >= 0.3 is 0 Å². The van der Waals surface area contributed by atoms with Gasteiger partial charge in [0, 0.05) is 16.8 Å². The van der Waals surface area contributed by atoms with Crippen molar-refractivity contribution in [1.29, 1.82) is 0 Å². The van der Waals surface area contributed by atoms with E-state index in [1.54, 1.807) is 11.3 Å². The number of nitrogens with one attached hydrogen (secondary N) is 1. The van der Waals surface area contributed by atoms with E-state index in [4.69, 9.17) is 11.6 Å². The van der Waals surface area contributed by atoms with Gasteiger partial charge in [0.1, 0.15) is 0 Å². The molecule has 2 nitrogen and oxygen atoms in total. The number of fused-ring (bicyclic) bond motifs is 1. The van der Waals surface area contributed by atoms with Crippen molar-refractivity contribution < 1.29 is 4.79 Å². The summed E-state index contributed by atoms with van der Waals surface area (Å²) in [7, 11) is 0. The molecule has 1 saturated carbocycles. The minimum absolute atomic E-state index is 0.112. The van der Waals surface area contributed by atoms with Gasteiger partial charge in [0.2, 0.25) is 0 Å². The van der Waals surface area contributed by atoms with Gasteiger partial charge in [0.15, 0.2) is 0 Å². The molecule has 0 spiro atoms. The van der Waals surface area contributed by atoms with E-state index in [1.807, 2.05) is 0 Å². The van der Waals surface area contributed by atoms with Crippen molar-refractivity contribution >= 4 is 28.8 Å². The summed E-state index contributed by atoms with van der Waals surface area (Å²) in [6.45, 7) is 0.782. The zero-order valence-corrected chi connectivity index (χ0v) is 13.4. The van der Waals surface area contributed by atoms with Crippen LogP contribution in [-0.2, 0) is 12.8 Å². The van der Waals surface area contributed by atoms with Crippen LogP contribution in [0, 0.1) is 5.92 Å². The highest BCUT2D eigenvalue weighted by molar-refractivity contribution is 7.14. The zero-order chi connectivity index (χ0) is 13.9. The number of carbonyl (C=O) groups is 1. The van der Waals surface area contributed by atoms with E-state index in [-0.39, 0.29) is 5.91 Å². The summed E-state index contributed by atoms with van der Waals surface area (Å²) in [5, 5.41) is 3.42. The molecule has 1 N–H and O–H groups in total. The van der Waals surface area contributed by atoms with Crippen LogP contribution in [0.2, 0.25) is 0 Å². The van der Waals surface area contributed by atoms with Crippen LogP contribution in [0.4, 0.5) is 0 Å². The first-order valence-electron chi connectivity index (χ1n) is 7.76. The van der Waals surface area contributed by atoms with Gasteiger partial charge in [-0.2, -0.15) is 0 Å².